The van der Waals surface area contributed by atoms with Crippen LogP contribution in [-0.2, 0) is 9.63 Å². The summed E-state index contributed by atoms with van der Waals surface area (Å²) in [7, 11) is 1.48. The SMILES string of the molecule is CNO[C]=O. The Morgan fingerprint density at radius 1 is 2.00 bits per heavy atom. The van der Waals surface area contributed by atoms with Crippen molar-refractivity contribution in [1.29, 1.82) is 0 Å². The number of rotatable bonds is 2. The summed E-state index contributed by atoms with van der Waals surface area (Å²) in [6, 6.07) is 0. The van der Waals surface area contributed by atoms with Crippen LogP contribution in [0.5, 0.6) is 0 Å². The lowest BCUT2D eigenvalue weighted by atomic mass is 11.5. The minimum atomic E-state index is 1.16. The van der Waals surface area contributed by atoms with Gasteiger partial charge in [-0.05, 0) is 0 Å². The standard InChI is InChI=1S/C2H4NO2/c1-3-5-2-4/h3H,1H3. The van der Waals surface area contributed by atoms with Crippen molar-refractivity contribution in [2.75, 3.05) is 7.05 Å². The first-order valence-corrected chi connectivity index (χ1v) is 1.11. The van der Waals surface area contributed by atoms with E-state index in [2.05, 4.69) is 10.3 Å². The zero-order valence-corrected chi connectivity index (χ0v) is 2.82. The Hall–Kier alpha value is -0.570. The van der Waals surface area contributed by atoms with Gasteiger partial charge in [0.25, 0.3) is 0 Å². The molecule has 1 N–H and O–H groups in total. The zero-order valence-electron chi connectivity index (χ0n) is 2.82. The number of carbonyl (C=O) groups excluding carboxylic acids is 1. The van der Waals surface area contributed by atoms with E-state index in [-0.39, 0.29) is 0 Å². The van der Waals surface area contributed by atoms with E-state index in [4.69, 9.17) is 4.79 Å². The summed E-state index contributed by atoms with van der Waals surface area (Å²) in [5, 5.41) is 0. The van der Waals surface area contributed by atoms with Crippen LogP contribution in [0.4, 0.5) is 0 Å². The van der Waals surface area contributed by atoms with E-state index in [1.54, 1.807) is 0 Å². The molecule has 0 amide bonds. The van der Waals surface area contributed by atoms with Crippen molar-refractivity contribution in [1.82, 2.24) is 5.48 Å². The third-order valence-corrected chi connectivity index (χ3v) is 0.144. The molecule has 0 rings (SSSR count). The molecule has 0 saturated carbocycles. The molecule has 0 bridgehead atoms. The Morgan fingerprint density at radius 3 is 2.60 bits per heavy atom. The Balaban J connectivity index is 2.40. The largest absolute Gasteiger partial charge is 0.437 e. The number of hydrogen-bond acceptors (Lipinski definition) is 3. The van der Waals surface area contributed by atoms with Crippen molar-refractivity contribution in [3.63, 3.8) is 0 Å². The van der Waals surface area contributed by atoms with Crippen LogP contribution in [-0.4, -0.2) is 13.5 Å². The van der Waals surface area contributed by atoms with Gasteiger partial charge in [0.05, 0.1) is 0 Å². The van der Waals surface area contributed by atoms with Crippen LogP contribution < -0.4 is 5.48 Å². The molecule has 0 aliphatic rings. The minimum Gasteiger partial charge on any atom is -0.362 e. The molecule has 0 aromatic rings. The Bertz CT molecular complexity index is 28.8. The quantitative estimate of drug-likeness (QED) is 0.436. The fourth-order valence-electron chi connectivity index (χ4n) is 0.0417. The molecule has 0 unspecified atom stereocenters. The lowest BCUT2D eigenvalue weighted by Crippen LogP contribution is -2.03. The van der Waals surface area contributed by atoms with Crippen LogP contribution in [0.15, 0.2) is 0 Å². The maximum absolute atomic E-state index is 9.00. The van der Waals surface area contributed by atoms with Gasteiger partial charge in [0.15, 0.2) is 0 Å². The normalized spacial score (nSPS) is 6.60. The van der Waals surface area contributed by atoms with E-state index in [1.807, 2.05) is 0 Å². The van der Waals surface area contributed by atoms with Crippen LogP contribution in [0, 0.1) is 0 Å². The second-order valence-corrected chi connectivity index (χ2v) is 0.390. The van der Waals surface area contributed by atoms with Crippen molar-refractivity contribution in [2.24, 2.45) is 0 Å². The average Bonchev–Trinajstić information content (AvgIpc) is 1.41. The smallest absolute Gasteiger partial charge is 0.362 e. The van der Waals surface area contributed by atoms with Gasteiger partial charge in [-0.25, -0.2) is 4.79 Å². The van der Waals surface area contributed by atoms with Crippen molar-refractivity contribution < 1.29 is 9.63 Å². The van der Waals surface area contributed by atoms with Gasteiger partial charge in [-0.3, -0.25) is 0 Å². The van der Waals surface area contributed by atoms with Gasteiger partial charge in [-0.2, -0.15) is 5.48 Å². The van der Waals surface area contributed by atoms with Crippen molar-refractivity contribution in [3.8, 4) is 0 Å². The molecule has 3 nitrogen and oxygen atoms in total. The molecule has 0 heterocycles. The molecule has 0 aliphatic carbocycles. The van der Waals surface area contributed by atoms with Gasteiger partial charge in [0, 0.05) is 7.05 Å². The molecule has 0 aliphatic heterocycles. The van der Waals surface area contributed by atoms with Crippen LogP contribution >= 0.6 is 0 Å². The lowest BCUT2D eigenvalue weighted by molar-refractivity contribution is 0.194. The first-order valence-electron chi connectivity index (χ1n) is 1.11. The van der Waals surface area contributed by atoms with Crippen molar-refractivity contribution in [2.45, 2.75) is 0 Å². The topological polar surface area (TPSA) is 38.3 Å². The van der Waals surface area contributed by atoms with Gasteiger partial charge in [-0.15, -0.1) is 0 Å². The summed E-state index contributed by atoms with van der Waals surface area (Å²) >= 11 is 0. The van der Waals surface area contributed by atoms with Crippen LogP contribution in [0.3, 0.4) is 0 Å². The molecule has 0 aromatic heterocycles. The Kier molecular flexibility index (Phi) is 3.04. The van der Waals surface area contributed by atoms with Gasteiger partial charge in [0.1, 0.15) is 0 Å². The predicted octanol–water partition coefficient (Wildman–Crippen LogP) is -0.795. The first kappa shape index (κ1) is 4.43. The molecular formula is C2H4NO2. The molecule has 0 atom stereocenters. The van der Waals surface area contributed by atoms with E-state index < -0.39 is 0 Å². The maximum atomic E-state index is 9.00. The minimum absolute atomic E-state index is 1.16. The molecular weight excluding hydrogens is 70.0 g/mol. The summed E-state index contributed by atoms with van der Waals surface area (Å²) in [6.45, 7) is 1.16. The van der Waals surface area contributed by atoms with Crippen LogP contribution in [0.1, 0.15) is 0 Å². The van der Waals surface area contributed by atoms with Gasteiger partial charge >= 0.3 is 6.47 Å². The van der Waals surface area contributed by atoms with E-state index in [0.29, 0.717) is 0 Å². The Labute approximate surface area is 29.9 Å². The highest BCUT2D eigenvalue weighted by Gasteiger charge is 1.62. The second kappa shape index (κ2) is 3.43. The molecule has 0 saturated heterocycles. The fraction of sp³-hybridized carbons (Fsp3) is 0.500. The van der Waals surface area contributed by atoms with E-state index in [1.165, 1.54) is 7.05 Å². The maximum Gasteiger partial charge on any atom is 0.437 e. The van der Waals surface area contributed by atoms with Crippen LogP contribution in [0.2, 0.25) is 0 Å². The van der Waals surface area contributed by atoms with Gasteiger partial charge < -0.3 is 4.84 Å². The molecule has 29 valence electrons. The number of hydroxylamine groups is 1. The highest BCUT2D eigenvalue weighted by Crippen LogP contribution is 1.38. The first-order chi connectivity index (χ1) is 2.41. The molecule has 5 heavy (non-hydrogen) atoms. The second-order valence-electron chi connectivity index (χ2n) is 0.390. The number of nitrogens with one attached hydrogen (secondary N) is 1. The lowest BCUT2D eigenvalue weighted by Gasteiger charge is -1.80. The summed E-state index contributed by atoms with van der Waals surface area (Å²) in [6.07, 6.45) is 0. The van der Waals surface area contributed by atoms with Crippen molar-refractivity contribution >= 4 is 6.47 Å². The summed E-state index contributed by atoms with van der Waals surface area (Å²) in [5.74, 6) is 0. The van der Waals surface area contributed by atoms with E-state index in [0.717, 1.165) is 6.47 Å². The highest BCUT2D eigenvalue weighted by atomic mass is 16.7. The van der Waals surface area contributed by atoms with Gasteiger partial charge in [0.2, 0.25) is 0 Å². The average molecular weight is 74.1 g/mol. The molecule has 0 aromatic carbocycles. The third-order valence-electron chi connectivity index (χ3n) is 0.144. The zero-order chi connectivity index (χ0) is 4.12. The summed E-state index contributed by atoms with van der Waals surface area (Å²) < 4.78 is 0. The van der Waals surface area contributed by atoms with E-state index >= 15 is 0 Å². The molecule has 0 fully saturated rings. The van der Waals surface area contributed by atoms with Crippen LogP contribution in [0.25, 0.3) is 0 Å². The summed E-state index contributed by atoms with van der Waals surface area (Å²) in [5.41, 5.74) is 2.09. The van der Waals surface area contributed by atoms with E-state index in [9.17, 15) is 0 Å². The Morgan fingerprint density at radius 2 is 2.60 bits per heavy atom. The van der Waals surface area contributed by atoms with Gasteiger partial charge in [-0.1, -0.05) is 0 Å². The molecule has 1 radical (unpaired) electrons. The highest BCUT2D eigenvalue weighted by molar-refractivity contribution is 5.37. The third kappa shape index (κ3) is 3.43. The monoisotopic (exact) mass is 74.0 g/mol. The predicted molar refractivity (Wildman–Crippen MR) is 15.8 cm³/mol. The molecule has 0 spiro atoms. The van der Waals surface area contributed by atoms with Crippen molar-refractivity contribution in [3.05, 3.63) is 0 Å². The number of hydrogen-bond donors (Lipinski definition) is 1. The summed E-state index contributed by atoms with van der Waals surface area (Å²) in [4.78, 5) is 12.8. The fourth-order valence-corrected chi connectivity index (χ4v) is 0.0417. The molecule has 3 heteroatoms.